The fourth-order valence-corrected chi connectivity index (χ4v) is 3.67. The molecule has 1 aliphatic rings. The van der Waals surface area contributed by atoms with Gasteiger partial charge in [-0.25, -0.2) is 9.31 Å². The monoisotopic (exact) mass is 378 g/mol. The maximum atomic E-state index is 12.5. The number of piperidine rings is 1. The third kappa shape index (κ3) is 3.86. The highest BCUT2D eigenvalue weighted by molar-refractivity contribution is 5.77. The second-order valence-electron chi connectivity index (χ2n) is 8.30. The number of ether oxygens (including phenoxy) is 1. The zero-order chi connectivity index (χ0) is 19.7. The maximum Gasteiger partial charge on any atom is 0.410 e. The minimum Gasteiger partial charge on any atom is -0.444 e. The fourth-order valence-electron chi connectivity index (χ4n) is 3.67. The predicted octanol–water partition coefficient (Wildman–Crippen LogP) is 4.51. The van der Waals surface area contributed by atoms with Gasteiger partial charge in [-0.3, -0.25) is 4.98 Å². The van der Waals surface area contributed by atoms with Crippen LogP contribution in [-0.4, -0.2) is 44.3 Å². The molecule has 0 aromatic carbocycles. The Hall–Kier alpha value is -2.89. The first-order valence-corrected chi connectivity index (χ1v) is 9.78. The lowest BCUT2D eigenvalue weighted by Gasteiger charge is -2.34. The molecule has 0 spiro atoms. The standard InChI is InChI=1S/C22H26N4O2/c1-22(2,3)28-21(27)25-12-7-8-16(15-25)18-9-6-10-19(24-18)17-14-23-26-13-5-4-11-20(17)26/h4-6,9-11,13-14,16H,7-8,12,15H2,1-3H3. The molecule has 1 aliphatic heterocycles. The Morgan fingerprint density at radius 2 is 2.04 bits per heavy atom. The number of fused-ring (bicyclic) bond motifs is 1. The number of pyridine rings is 2. The van der Waals surface area contributed by atoms with E-state index in [1.54, 1.807) is 0 Å². The van der Waals surface area contributed by atoms with Gasteiger partial charge in [0, 0.05) is 36.5 Å². The molecular weight excluding hydrogens is 352 g/mol. The fraction of sp³-hybridized carbons (Fsp3) is 0.409. The maximum absolute atomic E-state index is 12.5. The summed E-state index contributed by atoms with van der Waals surface area (Å²) in [7, 11) is 0. The van der Waals surface area contributed by atoms with Crippen LogP contribution in [0.4, 0.5) is 4.79 Å². The first-order chi connectivity index (χ1) is 13.4. The Balaban J connectivity index is 1.56. The van der Waals surface area contributed by atoms with Crippen molar-refractivity contribution in [2.75, 3.05) is 13.1 Å². The van der Waals surface area contributed by atoms with Crippen molar-refractivity contribution in [3.8, 4) is 11.3 Å². The Morgan fingerprint density at radius 3 is 2.86 bits per heavy atom. The van der Waals surface area contributed by atoms with Crippen LogP contribution in [0.3, 0.4) is 0 Å². The van der Waals surface area contributed by atoms with Crippen molar-refractivity contribution in [3.05, 3.63) is 54.5 Å². The van der Waals surface area contributed by atoms with Gasteiger partial charge in [0.1, 0.15) is 5.60 Å². The van der Waals surface area contributed by atoms with Crippen molar-refractivity contribution in [1.82, 2.24) is 19.5 Å². The molecular formula is C22H26N4O2. The summed E-state index contributed by atoms with van der Waals surface area (Å²) in [6.07, 6.45) is 5.52. The highest BCUT2D eigenvalue weighted by Crippen LogP contribution is 2.29. The summed E-state index contributed by atoms with van der Waals surface area (Å²) in [5, 5.41) is 4.41. The highest BCUT2D eigenvalue weighted by atomic mass is 16.6. The van der Waals surface area contributed by atoms with Crippen LogP contribution in [0.15, 0.2) is 48.8 Å². The van der Waals surface area contributed by atoms with Gasteiger partial charge < -0.3 is 9.64 Å². The molecule has 0 bridgehead atoms. The lowest BCUT2D eigenvalue weighted by molar-refractivity contribution is 0.0197. The number of amides is 1. The van der Waals surface area contributed by atoms with Gasteiger partial charge in [-0.2, -0.15) is 5.10 Å². The molecule has 28 heavy (non-hydrogen) atoms. The molecule has 0 radical (unpaired) electrons. The smallest absolute Gasteiger partial charge is 0.410 e. The van der Waals surface area contributed by atoms with Gasteiger partial charge in [0.25, 0.3) is 0 Å². The number of hydrogen-bond donors (Lipinski definition) is 0. The van der Waals surface area contributed by atoms with E-state index in [1.165, 1.54) is 0 Å². The molecule has 0 aliphatic carbocycles. The minimum atomic E-state index is -0.480. The third-order valence-corrected chi connectivity index (χ3v) is 4.96. The average molecular weight is 378 g/mol. The van der Waals surface area contributed by atoms with Gasteiger partial charge in [0.15, 0.2) is 0 Å². The quantitative estimate of drug-likeness (QED) is 0.658. The van der Waals surface area contributed by atoms with Gasteiger partial charge in [0.05, 0.1) is 17.4 Å². The summed E-state index contributed by atoms with van der Waals surface area (Å²) in [5.41, 5.74) is 3.49. The van der Waals surface area contributed by atoms with Crippen LogP contribution in [0.1, 0.15) is 45.2 Å². The van der Waals surface area contributed by atoms with E-state index in [9.17, 15) is 4.79 Å². The van der Waals surface area contributed by atoms with Crippen molar-refractivity contribution >= 4 is 11.6 Å². The van der Waals surface area contributed by atoms with Crippen LogP contribution in [0, 0.1) is 0 Å². The molecule has 1 atom stereocenters. The molecule has 4 rings (SSSR count). The van der Waals surface area contributed by atoms with Crippen molar-refractivity contribution in [2.24, 2.45) is 0 Å². The first kappa shape index (κ1) is 18.5. The summed E-state index contributed by atoms with van der Waals surface area (Å²) < 4.78 is 7.40. The summed E-state index contributed by atoms with van der Waals surface area (Å²) in [5.74, 6) is 0.211. The van der Waals surface area contributed by atoms with Crippen LogP contribution in [0.2, 0.25) is 0 Å². The summed E-state index contributed by atoms with van der Waals surface area (Å²) >= 11 is 0. The van der Waals surface area contributed by atoms with E-state index >= 15 is 0 Å². The Bertz CT molecular complexity index is 989. The molecule has 1 unspecified atom stereocenters. The van der Waals surface area contributed by atoms with Crippen molar-refractivity contribution in [1.29, 1.82) is 0 Å². The van der Waals surface area contributed by atoms with E-state index in [1.807, 2.05) is 72.9 Å². The van der Waals surface area contributed by atoms with Gasteiger partial charge in [-0.15, -0.1) is 0 Å². The van der Waals surface area contributed by atoms with Crippen molar-refractivity contribution < 1.29 is 9.53 Å². The van der Waals surface area contributed by atoms with Crippen molar-refractivity contribution in [3.63, 3.8) is 0 Å². The Morgan fingerprint density at radius 1 is 1.18 bits per heavy atom. The molecule has 1 amide bonds. The second-order valence-corrected chi connectivity index (χ2v) is 8.30. The molecule has 0 saturated carbocycles. The van der Waals surface area contributed by atoms with Gasteiger partial charge in [0.2, 0.25) is 0 Å². The Kier molecular flexibility index (Phi) is 4.79. The molecule has 3 aromatic rings. The first-order valence-electron chi connectivity index (χ1n) is 9.78. The highest BCUT2D eigenvalue weighted by Gasteiger charge is 2.29. The summed E-state index contributed by atoms with van der Waals surface area (Å²) in [6, 6.07) is 12.1. The van der Waals surface area contributed by atoms with Gasteiger partial charge >= 0.3 is 6.09 Å². The van der Waals surface area contributed by atoms with Crippen LogP contribution in [0.25, 0.3) is 16.8 Å². The third-order valence-electron chi connectivity index (χ3n) is 4.96. The minimum absolute atomic E-state index is 0.211. The zero-order valence-corrected chi connectivity index (χ0v) is 16.6. The van der Waals surface area contributed by atoms with Crippen molar-refractivity contribution in [2.45, 2.75) is 45.1 Å². The topological polar surface area (TPSA) is 59.7 Å². The van der Waals surface area contributed by atoms with Crippen LogP contribution in [0.5, 0.6) is 0 Å². The largest absolute Gasteiger partial charge is 0.444 e. The van der Waals surface area contributed by atoms with E-state index < -0.39 is 5.60 Å². The zero-order valence-electron chi connectivity index (χ0n) is 16.6. The van der Waals surface area contributed by atoms with Crippen LogP contribution < -0.4 is 0 Å². The second kappa shape index (κ2) is 7.26. The van der Waals surface area contributed by atoms with E-state index in [0.29, 0.717) is 6.54 Å². The van der Waals surface area contributed by atoms with E-state index in [4.69, 9.17) is 9.72 Å². The molecule has 1 saturated heterocycles. The molecule has 4 heterocycles. The Labute approximate surface area is 165 Å². The van der Waals surface area contributed by atoms with E-state index in [-0.39, 0.29) is 12.0 Å². The summed E-state index contributed by atoms with van der Waals surface area (Å²) in [4.78, 5) is 19.2. The van der Waals surface area contributed by atoms with Gasteiger partial charge in [-0.05, 0) is 57.9 Å². The molecule has 146 valence electrons. The normalized spacial score (nSPS) is 17.7. The SMILES string of the molecule is CC(C)(C)OC(=O)N1CCCC(c2cccc(-c3cnn4ccccc34)n2)C1. The molecule has 3 aromatic heterocycles. The number of carbonyl (C=O) groups is 1. The van der Waals surface area contributed by atoms with E-state index in [2.05, 4.69) is 11.2 Å². The number of hydrogen-bond acceptors (Lipinski definition) is 4. The van der Waals surface area contributed by atoms with Gasteiger partial charge in [-0.1, -0.05) is 12.1 Å². The predicted molar refractivity (Wildman–Crippen MR) is 108 cm³/mol. The molecule has 0 N–H and O–H groups in total. The molecule has 6 nitrogen and oxygen atoms in total. The number of aromatic nitrogens is 3. The number of carbonyl (C=O) groups excluding carboxylic acids is 1. The number of likely N-dealkylation sites (tertiary alicyclic amines) is 1. The van der Waals surface area contributed by atoms with Crippen LogP contribution >= 0.6 is 0 Å². The number of rotatable bonds is 2. The summed E-state index contributed by atoms with van der Waals surface area (Å²) in [6.45, 7) is 7.06. The lowest BCUT2D eigenvalue weighted by Crippen LogP contribution is -2.42. The number of nitrogens with zero attached hydrogens (tertiary/aromatic N) is 4. The molecule has 1 fully saturated rings. The van der Waals surface area contributed by atoms with Crippen LogP contribution in [-0.2, 0) is 4.74 Å². The lowest BCUT2D eigenvalue weighted by atomic mass is 9.94. The molecule has 6 heteroatoms. The van der Waals surface area contributed by atoms with E-state index in [0.717, 1.165) is 41.9 Å². The average Bonchev–Trinajstić information content (AvgIpc) is 3.11.